The molecule has 0 aliphatic heterocycles. The Bertz CT molecular complexity index is 342. The molecule has 0 saturated heterocycles. The van der Waals surface area contributed by atoms with E-state index in [0.29, 0.717) is 0 Å². The van der Waals surface area contributed by atoms with Crippen molar-refractivity contribution in [3.8, 4) is 0 Å². The van der Waals surface area contributed by atoms with E-state index in [1.54, 1.807) is 0 Å². The Morgan fingerprint density at radius 3 is 2.60 bits per heavy atom. The minimum Gasteiger partial charge on any atom is -0.365 e. The number of rotatable bonds is 4. The second kappa shape index (κ2) is 3.86. The maximum Gasteiger partial charge on any atom is 0.0525 e. The summed E-state index contributed by atoms with van der Waals surface area (Å²) >= 11 is 0. The van der Waals surface area contributed by atoms with Crippen LogP contribution >= 0.6 is 0 Å². The molecule has 0 unspecified atom stereocenters. The fourth-order valence-electron chi connectivity index (χ4n) is 2.32. The minimum absolute atomic E-state index is 0.266. The van der Waals surface area contributed by atoms with Crippen LogP contribution in [0.15, 0.2) is 24.3 Å². The minimum atomic E-state index is 0.266. The van der Waals surface area contributed by atoms with E-state index in [2.05, 4.69) is 43.0 Å². The summed E-state index contributed by atoms with van der Waals surface area (Å²) in [5.74, 6) is 0. The molecule has 1 aromatic carbocycles. The highest BCUT2D eigenvalue weighted by atomic mass is 15.2. The summed E-state index contributed by atoms with van der Waals surface area (Å²) in [6.45, 7) is 6.16. The Morgan fingerprint density at radius 1 is 1.40 bits per heavy atom. The Hall–Kier alpha value is -1.02. The van der Waals surface area contributed by atoms with Crippen molar-refractivity contribution < 1.29 is 0 Å². The third kappa shape index (κ3) is 1.86. The molecule has 15 heavy (non-hydrogen) atoms. The van der Waals surface area contributed by atoms with Crippen molar-refractivity contribution in [2.24, 2.45) is 5.73 Å². The van der Waals surface area contributed by atoms with Gasteiger partial charge in [0.1, 0.15) is 0 Å². The predicted octanol–water partition coefficient (Wildman–Crippen LogP) is 2.31. The molecule has 2 heteroatoms. The number of nitrogens with zero attached hydrogens (tertiary/aromatic N) is 1. The molecule has 2 N–H and O–H groups in total. The summed E-state index contributed by atoms with van der Waals surface area (Å²) in [7, 11) is 0. The van der Waals surface area contributed by atoms with Gasteiger partial charge < -0.3 is 10.6 Å². The maximum absolute atomic E-state index is 5.88. The Kier molecular flexibility index (Phi) is 2.70. The number of likely N-dealkylation sites (N-methyl/N-ethyl adjacent to an activating group) is 1. The lowest BCUT2D eigenvalue weighted by atomic mass is 10.1. The van der Waals surface area contributed by atoms with E-state index < -0.39 is 0 Å². The SMILES string of the molecule is CCN(c1cccc(C)c1)C1(CN)CC1. The van der Waals surface area contributed by atoms with Crippen LogP contribution in [0.1, 0.15) is 25.3 Å². The van der Waals surface area contributed by atoms with Crippen molar-refractivity contribution in [1.82, 2.24) is 0 Å². The molecule has 1 saturated carbocycles. The van der Waals surface area contributed by atoms with Crippen molar-refractivity contribution in [3.05, 3.63) is 29.8 Å². The van der Waals surface area contributed by atoms with Gasteiger partial charge in [0.25, 0.3) is 0 Å². The van der Waals surface area contributed by atoms with Crippen molar-refractivity contribution in [2.45, 2.75) is 32.2 Å². The number of aryl methyl sites for hydroxylation is 1. The second-order valence-electron chi connectivity index (χ2n) is 4.51. The van der Waals surface area contributed by atoms with Crippen LogP contribution in [-0.2, 0) is 0 Å². The van der Waals surface area contributed by atoms with Crippen LogP contribution in [0.4, 0.5) is 5.69 Å². The quantitative estimate of drug-likeness (QED) is 0.815. The molecule has 1 fully saturated rings. The first-order chi connectivity index (χ1) is 7.22. The Balaban J connectivity index is 2.27. The summed E-state index contributed by atoms with van der Waals surface area (Å²) in [6.07, 6.45) is 2.48. The molecular weight excluding hydrogens is 184 g/mol. The molecule has 82 valence electrons. The van der Waals surface area contributed by atoms with Crippen LogP contribution in [0.2, 0.25) is 0 Å². The predicted molar refractivity (Wildman–Crippen MR) is 65.2 cm³/mol. The number of hydrogen-bond acceptors (Lipinski definition) is 2. The topological polar surface area (TPSA) is 29.3 Å². The molecule has 0 spiro atoms. The molecule has 0 heterocycles. The lowest BCUT2D eigenvalue weighted by Gasteiger charge is -2.32. The maximum atomic E-state index is 5.88. The van der Waals surface area contributed by atoms with Gasteiger partial charge in [-0.25, -0.2) is 0 Å². The fraction of sp³-hybridized carbons (Fsp3) is 0.538. The summed E-state index contributed by atoms with van der Waals surface area (Å²) < 4.78 is 0. The molecule has 2 rings (SSSR count). The van der Waals surface area contributed by atoms with E-state index in [-0.39, 0.29) is 5.54 Å². The van der Waals surface area contributed by atoms with E-state index in [9.17, 15) is 0 Å². The van der Waals surface area contributed by atoms with Crippen LogP contribution in [0.25, 0.3) is 0 Å². The zero-order valence-electron chi connectivity index (χ0n) is 9.66. The van der Waals surface area contributed by atoms with Crippen molar-refractivity contribution in [3.63, 3.8) is 0 Å². The van der Waals surface area contributed by atoms with Crippen molar-refractivity contribution in [1.29, 1.82) is 0 Å². The normalized spacial score (nSPS) is 17.5. The molecule has 1 aromatic rings. The van der Waals surface area contributed by atoms with Gasteiger partial charge in [0, 0.05) is 18.8 Å². The largest absolute Gasteiger partial charge is 0.365 e. The standard InChI is InChI=1S/C13H20N2/c1-3-15(13(10-14)7-8-13)12-6-4-5-11(2)9-12/h4-6,9H,3,7-8,10,14H2,1-2H3. The van der Waals surface area contributed by atoms with Gasteiger partial charge in [-0.2, -0.15) is 0 Å². The first kappa shape index (κ1) is 10.5. The van der Waals surface area contributed by atoms with E-state index in [0.717, 1.165) is 13.1 Å². The molecule has 0 aromatic heterocycles. The third-order valence-electron chi connectivity index (χ3n) is 3.41. The van der Waals surface area contributed by atoms with E-state index >= 15 is 0 Å². The highest BCUT2D eigenvalue weighted by Crippen LogP contribution is 2.43. The van der Waals surface area contributed by atoms with Crippen LogP contribution in [0, 0.1) is 6.92 Å². The van der Waals surface area contributed by atoms with Crippen molar-refractivity contribution in [2.75, 3.05) is 18.0 Å². The zero-order valence-corrected chi connectivity index (χ0v) is 9.66. The third-order valence-corrected chi connectivity index (χ3v) is 3.41. The lowest BCUT2D eigenvalue weighted by molar-refractivity contribution is 0.603. The van der Waals surface area contributed by atoms with Crippen LogP contribution in [0.3, 0.4) is 0 Å². The number of anilines is 1. The molecule has 0 bridgehead atoms. The van der Waals surface area contributed by atoms with Gasteiger partial charge in [0.05, 0.1) is 5.54 Å². The summed E-state index contributed by atoms with van der Waals surface area (Å²) in [5, 5.41) is 0. The van der Waals surface area contributed by atoms with Gasteiger partial charge in [-0.1, -0.05) is 12.1 Å². The zero-order chi connectivity index (χ0) is 10.9. The van der Waals surface area contributed by atoms with Gasteiger partial charge in [-0.3, -0.25) is 0 Å². The Labute approximate surface area is 92.1 Å². The molecule has 1 aliphatic carbocycles. The molecule has 1 aliphatic rings. The van der Waals surface area contributed by atoms with Crippen molar-refractivity contribution >= 4 is 5.69 Å². The number of hydrogen-bond donors (Lipinski definition) is 1. The van der Waals surface area contributed by atoms with Crippen LogP contribution in [0.5, 0.6) is 0 Å². The van der Waals surface area contributed by atoms with Gasteiger partial charge in [-0.15, -0.1) is 0 Å². The smallest absolute Gasteiger partial charge is 0.0525 e. The first-order valence-electron chi connectivity index (χ1n) is 5.76. The monoisotopic (exact) mass is 204 g/mol. The van der Waals surface area contributed by atoms with E-state index in [1.807, 2.05) is 0 Å². The van der Waals surface area contributed by atoms with Gasteiger partial charge in [0.15, 0.2) is 0 Å². The second-order valence-corrected chi connectivity index (χ2v) is 4.51. The van der Waals surface area contributed by atoms with Gasteiger partial charge in [0.2, 0.25) is 0 Å². The average molecular weight is 204 g/mol. The highest BCUT2D eigenvalue weighted by molar-refractivity contribution is 5.52. The number of nitrogens with two attached hydrogens (primary N) is 1. The first-order valence-corrected chi connectivity index (χ1v) is 5.76. The number of benzene rings is 1. The fourth-order valence-corrected chi connectivity index (χ4v) is 2.32. The molecule has 2 nitrogen and oxygen atoms in total. The lowest BCUT2D eigenvalue weighted by Crippen LogP contribution is -2.43. The summed E-state index contributed by atoms with van der Waals surface area (Å²) in [6, 6.07) is 8.70. The average Bonchev–Trinajstić information content (AvgIpc) is 3.00. The van der Waals surface area contributed by atoms with Gasteiger partial charge >= 0.3 is 0 Å². The highest BCUT2D eigenvalue weighted by Gasteiger charge is 2.46. The molecule has 0 atom stereocenters. The van der Waals surface area contributed by atoms with Gasteiger partial charge in [-0.05, 0) is 44.4 Å². The molecule has 0 radical (unpaired) electrons. The molecule has 0 amide bonds. The Morgan fingerprint density at radius 2 is 2.13 bits per heavy atom. The molecular formula is C13H20N2. The van der Waals surface area contributed by atoms with E-state index in [1.165, 1.54) is 24.1 Å². The van der Waals surface area contributed by atoms with Crippen LogP contribution < -0.4 is 10.6 Å². The summed E-state index contributed by atoms with van der Waals surface area (Å²) in [5.41, 5.74) is 8.78. The van der Waals surface area contributed by atoms with Crippen LogP contribution in [-0.4, -0.2) is 18.6 Å². The van der Waals surface area contributed by atoms with E-state index in [4.69, 9.17) is 5.73 Å². The summed E-state index contributed by atoms with van der Waals surface area (Å²) in [4.78, 5) is 2.46.